The van der Waals surface area contributed by atoms with Crippen LogP contribution in [0.15, 0.2) is 146 Å². The molecule has 6 N–H and O–H groups in total. The van der Waals surface area contributed by atoms with Crippen LogP contribution in [0, 0.1) is 13.8 Å². The SMILES string of the molecule is C=C1CCC(N2Cc3cc(CNC(=O)CNc4ccc(C)c(N5CCCC5)c4)ccc3C2=O)C(=O)C1.C=C1CCC(N2Cc3cc(CNC(=O)CNc4ccc(CN(C)C)c(Cl)c4)ccc3C2=O)C(=O)C1.C=C1CCC(N2Cc3cc(CNC(=O)CNc4ccc(N(C)C)c(C)c4)ccc3C2=O)C(=O)C1. The summed E-state index contributed by atoms with van der Waals surface area (Å²) in [6.45, 7) is 21.7. The molecule has 0 bridgehead atoms. The number of nitrogens with one attached hydrogen (secondary N) is 6. The smallest absolute Gasteiger partial charge is 0.255 e. The minimum Gasteiger partial charge on any atom is -0.377 e. The molecule has 3 saturated carbocycles. The van der Waals surface area contributed by atoms with Gasteiger partial charge in [-0.2, -0.15) is 0 Å². The number of fused-ring (bicyclic) bond motifs is 3. The predicted molar refractivity (Wildman–Crippen MR) is 412 cm³/mol. The molecule has 13 rings (SSSR count). The number of benzene rings is 6. The van der Waals surface area contributed by atoms with Crippen LogP contribution in [0.25, 0.3) is 0 Å². The lowest BCUT2D eigenvalue weighted by Crippen LogP contribution is -2.43. The number of carbonyl (C=O) groups excluding carboxylic acids is 9. The van der Waals surface area contributed by atoms with E-state index in [2.05, 4.69) is 80.5 Å². The Morgan fingerprint density at radius 1 is 0.476 bits per heavy atom. The molecule has 105 heavy (non-hydrogen) atoms. The topological polar surface area (TPSA) is 245 Å². The first-order valence-corrected chi connectivity index (χ1v) is 36.7. The van der Waals surface area contributed by atoms with Gasteiger partial charge in [-0.25, -0.2) is 0 Å². The highest BCUT2D eigenvalue weighted by Gasteiger charge is 2.41. The summed E-state index contributed by atoms with van der Waals surface area (Å²) in [4.78, 5) is 125. The Morgan fingerprint density at radius 2 is 0.857 bits per heavy atom. The molecule has 22 heteroatoms. The van der Waals surface area contributed by atoms with Crippen LogP contribution in [0.2, 0.25) is 5.02 Å². The van der Waals surface area contributed by atoms with E-state index in [0.717, 1.165) is 123 Å². The number of allylic oxidation sites excluding steroid dienone is 3. The summed E-state index contributed by atoms with van der Waals surface area (Å²) < 4.78 is 0. The van der Waals surface area contributed by atoms with Gasteiger partial charge in [0.2, 0.25) is 17.7 Å². The number of nitrogens with zero attached hydrogens (tertiary/aromatic N) is 6. The third kappa shape index (κ3) is 19.0. The van der Waals surface area contributed by atoms with Crippen molar-refractivity contribution in [2.75, 3.05) is 86.7 Å². The van der Waals surface area contributed by atoms with Crippen LogP contribution < -0.4 is 41.7 Å². The van der Waals surface area contributed by atoms with Gasteiger partial charge in [0.05, 0.1) is 37.8 Å². The summed E-state index contributed by atoms with van der Waals surface area (Å²) in [5, 5.41) is 19.0. The lowest BCUT2D eigenvalue weighted by molar-refractivity contribution is -0.124. The van der Waals surface area contributed by atoms with Crippen molar-refractivity contribution in [1.29, 1.82) is 0 Å². The van der Waals surface area contributed by atoms with Crippen LogP contribution in [0.5, 0.6) is 0 Å². The summed E-state index contributed by atoms with van der Waals surface area (Å²) >= 11 is 6.34. The van der Waals surface area contributed by atoms with Crippen LogP contribution >= 0.6 is 11.6 Å². The zero-order valence-corrected chi connectivity index (χ0v) is 62.0. The largest absolute Gasteiger partial charge is 0.377 e. The summed E-state index contributed by atoms with van der Waals surface area (Å²) in [6.07, 6.45) is 7.78. The van der Waals surface area contributed by atoms with E-state index in [1.54, 1.807) is 26.8 Å². The van der Waals surface area contributed by atoms with Gasteiger partial charge >= 0.3 is 0 Å². The van der Waals surface area contributed by atoms with E-state index >= 15 is 0 Å². The van der Waals surface area contributed by atoms with E-state index in [0.29, 0.717) is 99.5 Å². The number of ketones is 3. The van der Waals surface area contributed by atoms with Crippen LogP contribution in [-0.2, 0) is 74.6 Å². The molecular formula is C83H97ClN12O9. The molecule has 0 spiro atoms. The quantitative estimate of drug-likeness (QED) is 0.0346. The number of carbonyl (C=O) groups is 9. The maximum Gasteiger partial charge on any atom is 0.255 e. The van der Waals surface area contributed by atoms with Crippen LogP contribution in [0.1, 0.15) is 152 Å². The van der Waals surface area contributed by atoms with Gasteiger partial charge in [-0.05, 0) is 190 Å². The number of aryl methyl sites for hydroxylation is 2. The highest BCUT2D eigenvalue weighted by Crippen LogP contribution is 2.36. The minimum absolute atomic E-state index is 0.0658. The molecular weight excluding hydrogens is 1340 g/mol. The molecule has 6 amide bonds. The number of halogens is 1. The molecule has 1 saturated heterocycles. The van der Waals surface area contributed by atoms with E-state index in [4.69, 9.17) is 11.6 Å². The van der Waals surface area contributed by atoms with Gasteiger partial charge < -0.3 is 61.3 Å². The molecule has 3 aliphatic carbocycles. The second-order valence-electron chi connectivity index (χ2n) is 29.1. The number of hydrogen-bond donors (Lipinski definition) is 6. The summed E-state index contributed by atoms with van der Waals surface area (Å²) in [6, 6.07) is 33.7. The van der Waals surface area contributed by atoms with Gasteiger partial charge in [-0.3, -0.25) is 43.2 Å². The predicted octanol–water partition coefficient (Wildman–Crippen LogP) is 11.1. The molecule has 550 valence electrons. The van der Waals surface area contributed by atoms with Crippen molar-refractivity contribution in [3.05, 3.63) is 217 Å². The lowest BCUT2D eigenvalue weighted by Gasteiger charge is -2.30. The van der Waals surface area contributed by atoms with Crippen molar-refractivity contribution in [2.45, 2.75) is 148 Å². The average Bonchev–Trinajstić information content (AvgIpc) is 1.65. The lowest BCUT2D eigenvalue weighted by atomic mass is 9.90. The minimum atomic E-state index is -0.375. The third-order valence-electron chi connectivity index (χ3n) is 20.5. The molecule has 4 fully saturated rings. The van der Waals surface area contributed by atoms with Gasteiger partial charge in [-0.1, -0.05) is 96.6 Å². The highest BCUT2D eigenvalue weighted by atomic mass is 35.5. The first-order chi connectivity index (χ1) is 50.3. The second-order valence-corrected chi connectivity index (χ2v) is 29.5. The maximum absolute atomic E-state index is 12.9. The van der Waals surface area contributed by atoms with Crippen LogP contribution in [0.4, 0.5) is 28.4 Å². The number of amides is 6. The Bertz CT molecular complexity index is 4420. The van der Waals surface area contributed by atoms with E-state index in [1.807, 2.05) is 125 Å². The van der Waals surface area contributed by atoms with Gasteiger partial charge in [-0.15, -0.1) is 0 Å². The van der Waals surface area contributed by atoms with Crippen molar-refractivity contribution in [1.82, 2.24) is 35.6 Å². The zero-order valence-electron chi connectivity index (χ0n) is 61.2. The molecule has 21 nitrogen and oxygen atoms in total. The molecule has 0 aromatic heterocycles. The molecule has 4 aliphatic heterocycles. The summed E-state index contributed by atoms with van der Waals surface area (Å²) in [7, 11) is 7.97. The molecule has 3 atom stereocenters. The number of Topliss-reactive ketones (excluding diaryl/α,β-unsaturated/α-hetero) is 3. The normalized spacial score (nSPS) is 18.3. The third-order valence-corrected chi connectivity index (χ3v) is 20.9. The molecule has 7 aliphatic rings. The van der Waals surface area contributed by atoms with Crippen LogP contribution in [-0.4, -0.2) is 151 Å². The van der Waals surface area contributed by atoms with Gasteiger partial charge in [0.25, 0.3) is 17.7 Å². The molecule has 6 aromatic rings. The molecule has 6 aromatic carbocycles. The Labute approximate surface area is 620 Å². The molecule has 0 radical (unpaired) electrons. The van der Waals surface area contributed by atoms with E-state index in [1.165, 1.54) is 24.1 Å². The number of anilines is 5. The van der Waals surface area contributed by atoms with Crippen molar-refractivity contribution in [3.8, 4) is 0 Å². The maximum atomic E-state index is 12.9. The fourth-order valence-electron chi connectivity index (χ4n) is 14.9. The first kappa shape index (κ1) is 75.8. The highest BCUT2D eigenvalue weighted by molar-refractivity contribution is 6.31. The first-order valence-electron chi connectivity index (χ1n) is 36.3. The Morgan fingerprint density at radius 3 is 1.23 bits per heavy atom. The second kappa shape index (κ2) is 34.0. The number of hydrogen-bond acceptors (Lipinski definition) is 15. The van der Waals surface area contributed by atoms with E-state index in [9.17, 15) is 43.2 Å². The fourth-order valence-corrected chi connectivity index (χ4v) is 15.1. The summed E-state index contributed by atoms with van der Waals surface area (Å²) in [5.74, 6) is -0.400. The van der Waals surface area contributed by atoms with E-state index < -0.39 is 0 Å². The van der Waals surface area contributed by atoms with Crippen molar-refractivity contribution < 1.29 is 43.2 Å². The average molecular weight is 1440 g/mol. The summed E-state index contributed by atoms with van der Waals surface area (Å²) in [5.41, 5.74) is 18.6. The Hall–Kier alpha value is -10.4. The molecule has 4 heterocycles. The van der Waals surface area contributed by atoms with Crippen molar-refractivity contribution >= 4 is 92.8 Å². The van der Waals surface area contributed by atoms with Gasteiger partial charge in [0.15, 0.2) is 17.3 Å². The van der Waals surface area contributed by atoms with Gasteiger partial charge in [0, 0.05) is 142 Å². The fraction of sp³-hybridized carbons (Fsp3) is 0.386. The van der Waals surface area contributed by atoms with Crippen molar-refractivity contribution in [2.24, 2.45) is 0 Å². The Balaban J connectivity index is 0.000000158. The Kier molecular flexibility index (Phi) is 24.6. The van der Waals surface area contributed by atoms with Crippen LogP contribution in [0.3, 0.4) is 0 Å². The monoisotopic (exact) mass is 1440 g/mol. The molecule has 3 unspecified atom stereocenters. The standard InChI is InChI=1S/C29H34N4O3.C27H31ClN4O3.C27H32N4O3/c1-19-5-10-25(27(34)13-19)33-18-22-14-21(7-9-24(22)29(33)36)16-31-28(35)17-30-23-8-6-20(2)26(15-23)32-11-3-4-12-32;1-17-4-9-24(25(33)10-17)32-16-20-11-18(5-8-22(20)27(32)35)13-30-26(34)14-29-21-7-6-19(15-31(2)3)23(28)12-21;1-17-5-9-24(25(32)11-17)31-16-20-13-19(6-8-22(20)27(31)34)14-29-26(33)15-28-21-7-10-23(30(3)4)18(2)12-21/h6-9,14-15,25,30H,1,3-5,10-13,16-18H2,2H3,(H,31,35);5-8,11-12,24,29H,1,4,9-10,13-16H2,2-3H3,(H,30,34);6-8,10,12-13,24,28H,1,5,9,11,14-16H2,2-4H3,(H,29,33). The van der Waals surface area contributed by atoms with Gasteiger partial charge in [0.1, 0.15) is 0 Å². The zero-order chi connectivity index (χ0) is 74.8. The number of rotatable bonds is 22. The van der Waals surface area contributed by atoms with E-state index in [-0.39, 0.29) is 90.6 Å². The van der Waals surface area contributed by atoms with Crippen molar-refractivity contribution in [3.63, 3.8) is 0 Å².